The summed E-state index contributed by atoms with van der Waals surface area (Å²) >= 11 is 1.67. The van der Waals surface area contributed by atoms with Gasteiger partial charge in [-0.2, -0.15) is 0 Å². The van der Waals surface area contributed by atoms with E-state index in [1.165, 1.54) is 21.7 Å². The molecule has 5 heteroatoms. The lowest BCUT2D eigenvalue weighted by atomic mass is 9.53. The van der Waals surface area contributed by atoms with Crippen LogP contribution in [0.15, 0.2) is 18.2 Å². The van der Waals surface area contributed by atoms with Crippen LogP contribution >= 0.6 is 11.3 Å². The number of hydrogen-bond donors (Lipinski definition) is 2. The number of hydrogen-bond acceptors (Lipinski definition) is 5. The molecule has 0 radical (unpaired) electrons. The molecule has 1 aromatic heterocycles. The smallest absolute Gasteiger partial charge is 0.180 e. The van der Waals surface area contributed by atoms with Crippen molar-refractivity contribution in [2.24, 2.45) is 5.92 Å². The molecular weight excluding hydrogens is 306 g/mol. The molecule has 2 heterocycles. The largest absolute Gasteiger partial charge is 0.508 e. The predicted molar refractivity (Wildman–Crippen MR) is 91.9 cm³/mol. The Morgan fingerprint density at radius 2 is 2.26 bits per heavy atom. The second-order valence-corrected chi connectivity index (χ2v) is 8.52. The Balaban J connectivity index is 1.74. The third-order valence-corrected chi connectivity index (χ3v) is 7.34. The normalized spacial score (nSPS) is 32.0. The summed E-state index contributed by atoms with van der Waals surface area (Å²) in [6, 6.07) is 6.56. The first-order valence-corrected chi connectivity index (χ1v) is 9.15. The van der Waals surface area contributed by atoms with Crippen molar-refractivity contribution < 1.29 is 5.11 Å². The molecule has 3 aliphatic rings. The van der Waals surface area contributed by atoms with Crippen molar-refractivity contribution in [3.05, 3.63) is 39.9 Å². The fourth-order valence-electron chi connectivity index (χ4n) is 5.31. The Hall–Kier alpha value is -1.59. The average Bonchev–Trinajstić information content (AvgIpc) is 2.88. The van der Waals surface area contributed by atoms with Gasteiger partial charge in [0, 0.05) is 22.8 Å². The van der Waals surface area contributed by atoms with Crippen LogP contribution in [0.2, 0.25) is 0 Å². The first-order valence-electron chi connectivity index (χ1n) is 8.33. The zero-order chi connectivity index (χ0) is 15.8. The molecule has 0 spiro atoms. The lowest BCUT2D eigenvalue weighted by Crippen LogP contribution is -2.61. The molecule has 1 aromatic carbocycles. The summed E-state index contributed by atoms with van der Waals surface area (Å²) in [4.78, 5) is 8.54. The number of nitrogens with zero attached hydrogens (tertiary/aromatic N) is 2. The number of piperidine rings is 1. The highest BCUT2D eigenvalue weighted by Crippen LogP contribution is 2.55. The molecule has 5 rings (SSSR count). The molecule has 3 atom stereocenters. The Morgan fingerprint density at radius 1 is 1.39 bits per heavy atom. The molecule has 2 aromatic rings. The van der Waals surface area contributed by atoms with E-state index in [2.05, 4.69) is 23.0 Å². The number of likely N-dealkylation sites (tertiary alicyclic amines) is 1. The van der Waals surface area contributed by atoms with Gasteiger partial charge in [-0.1, -0.05) is 6.07 Å². The Labute approximate surface area is 140 Å². The molecular formula is C18H21N3OS. The highest BCUT2D eigenvalue weighted by molar-refractivity contribution is 7.15. The van der Waals surface area contributed by atoms with Gasteiger partial charge in [0.05, 0.1) is 5.69 Å². The van der Waals surface area contributed by atoms with Gasteiger partial charge in [0.25, 0.3) is 0 Å². The molecule has 1 fully saturated rings. The van der Waals surface area contributed by atoms with Crippen LogP contribution < -0.4 is 5.73 Å². The second kappa shape index (κ2) is 4.48. The lowest BCUT2D eigenvalue weighted by molar-refractivity contribution is 0.0243. The van der Waals surface area contributed by atoms with E-state index in [-0.39, 0.29) is 5.41 Å². The van der Waals surface area contributed by atoms with E-state index in [0.29, 0.717) is 22.8 Å². The molecule has 120 valence electrons. The molecule has 23 heavy (non-hydrogen) atoms. The minimum absolute atomic E-state index is 0.122. The van der Waals surface area contributed by atoms with Crippen LogP contribution in [0.5, 0.6) is 5.75 Å². The molecule has 4 nitrogen and oxygen atoms in total. The third-order valence-electron chi connectivity index (χ3n) is 6.39. The minimum Gasteiger partial charge on any atom is -0.508 e. The van der Waals surface area contributed by atoms with E-state index in [0.717, 1.165) is 32.2 Å². The maximum atomic E-state index is 10.1. The summed E-state index contributed by atoms with van der Waals surface area (Å²) in [6.45, 7) is 1.12. The summed E-state index contributed by atoms with van der Waals surface area (Å²) < 4.78 is 0. The van der Waals surface area contributed by atoms with E-state index >= 15 is 0 Å². The lowest BCUT2D eigenvalue weighted by Gasteiger charge is -2.57. The molecule has 0 saturated carbocycles. The van der Waals surface area contributed by atoms with Crippen molar-refractivity contribution in [3.8, 4) is 5.75 Å². The fraction of sp³-hybridized carbons (Fsp3) is 0.500. The molecule has 3 N–H and O–H groups in total. The minimum atomic E-state index is 0.122. The van der Waals surface area contributed by atoms with Crippen LogP contribution in [0.1, 0.15) is 28.1 Å². The van der Waals surface area contributed by atoms with Crippen LogP contribution in [0.3, 0.4) is 0 Å². The van der Waals surface area contributed by atoms with Crippen LogP contribution in [-0.4, -0.2) is 34.6 Å². The molecule has 0 unspecified atom stereocenters. The topological polar surface area (TPSA) is 62.4 Å². The summed E-state index contributed by atoms with van der Waals surface area (Å²) in [6.07, 6.45) is 4.27. The van der Waals surface area contributed by atoms with Crippen LogP contribution in [0.25, 0.3) is 0 Å². The number of fused-ring (bicyclic) bond motifs is 2. The number of phenols is 1. The number of nitrogens with two attached hydrogens (primary N) is 1. The molecule has 2 bridgehead atoms. The van der Waals surface area contributed by atoms with Crippen molar-refractivity contribution in [1.29, 1.82) is 0 Å². The Bertz CT molecular complexity index is 802. The molecule has 1 saturated heterocycles. The SMILES string of the molecule is CN1CC[C@@]23Cc4nc(N)sc4C[C@H]2[C@@H]1Cc1ccc(O)cc13. The van der Waals surface area contributed by atoms with E-state index in [1.54, 1.807) is 11.3 Å². The number of likely N-dealkylation sites (N-methyl/N-ethyl adjacent to an activating group) is 1. The van der Waals surface area contributed by atoms with Gasteiger partial charge in [0.15, 0.2) is 5.13 Å². The van der Waals surface area contributed by atoms with Crippen molar-refractivity contribution in [1.82, 2.24) is 9.88 Å². The van der Waals surface area contributed by atoms with Gasteiger partial charge in [-0.25, -0.2) is 4.98 Å². The van der Waals surface area contributed by atoms with Gasteiger partial charge < -0.3 is 15.7 Å². The monoisotopic (exact) mass is 327 g/mol. The summed E-state index contributed by atoms with van der Waals surface area (Å²) in [5.74, 6) is 0.987. The van der Waals surface area contributed by atoms with Crippen molar-refractivity contribution in [2.75, 3.05) is 19.3 Å². The van der Waals surface area contributed by atoms with Crippen molar-refractivity contribution >= 4 is 16.5 Å². The van der Waals surface area contributed by atoms with Gasteiger partial charge in [0.2, 0.25) is 0 Å². The maximum absolute atomic E-state index is 10.1. The summed E-state index contributed by atoms with van der Waals surface area (Å²) in [5, 5.41) is 10.8. The summed E-state index contributed by atoms with van der Waals surface area (Å²) in [5.41, 5.74) is 10.1. The first kappa shape index (κ1) is 13.8. The number of anilines is 1. The average molecular weight is 327 g/mol. The third kappa shape index (κ3) is 1.78. The Morgan fingerprint density at radius 3 is 3.13 bits per heavy atom. The van der Waals surface area contributed by atoms with Crippen LogP contribution in [0.4, 0.5) is 5.13 Å². The number of thiazole rings is 1. The van der Waals surface area contributed by atoms with E-state index < -0.39 is 0 Å². The number of aromatic hydroxyl groups is 1. The first-order chi connectivity index (χ1) is 11.1. The van der Waals surface area contributed by atoms with E-state index in [9.17, 15) is 5.11 Å². The molecule has 2 aliphatic carbocycles. The highest BCUT2D eigenvalue weighted by atomic mass is 32.1. The van der Waals surface area contributed by atoms with E-state index in [4.69, 9.17) is 5.73 Å². The number of nitrogen functional groups attached to an aromatic ring is 1. The molecule has 0 amide bonds. The van der Waals surface area contributed by atoms with Gasteiger partial charge in [-0.3, -0.25) is 0 Å². The standard InChI is InChI=1S/C18H21N3OS/c1-21-5-4-18-9-14-16(23-17(19)20-14)8-13(18)15(21)6-10-2-3-11(22)7-12(10)18/h2-3,7,13,15,22H,4-6,8-9H2,1H3,(H2,19,20)/t13-,15-,18-/m0/s1. The predicted octanol–water partition coefficient (Wildman–Crippen LogP) is 2.34. The van der Waals surface area contributed by atoms with Crippen molar-refractivity contribution in [2.45, 2.75) is 37.1 Å². The zero-order valence-corrected chi connectivity index (χ0v) is 14.1. The quantitative estimate of drug-likeness (QED) is 0.780. The maximum Gasteiger partial charge on any atom is 0.180 e. The Kier molecular flexibility index (Phi) is 2.69. The number of benzene rings is 1. The van der Waals surface area contributed by atoms with Gasteiger partial charge in [-0.05, 0) is 62.0 Å². The summed E-state index contributed by atoms with van der Waals surface area (Å²) in [7, 11) is 2.26. The number of rotatable bonds is 0. The van der Waals surface area contributed by atoms with Gasteiger partial charge >= 0.3 is 0 Å². The second-order valence-electron chi connectivity index (χ2n) is 7.41. The number of aromatic nitrogens is 1. The number of phenolic OH excluding ortho intramolecular Hbond substituents is 1. The van der Waals surface area contributed by atoms with E-state index in [1.807, 2.05) is 12.1 Å². The van der Waals surface area contributed by atoms with Crippen molar-refractivity contribution in [3.63, 3.8) is 0 Å². The van der Waals surface area contributed by atoms with Gasteiger partial charge in [-0.15, -0.1) is 11.3 Å². The highest BCUT2D eigenvalue weighted by Gasteiger charge is 2.55. The van der Waals surface area contributed by atoms with Gasteiger partial charge in [0.1, 0.15) is 5.75 Å². The fourth-order valence-corrected chi connectivity index (χ4v) is 6.22. The zero-order valence-electron chi connectivity index (χ0n) is 13.2. The van der Waals surface area contributed by atoms with Crippen LogP contribution in [0, 0.1) is 5.92 Å². The van der Waals surface area contributed by atoms with Crippen LogP contribution in [-0.2, 0) is 24.7 Å². The molecule has 1 aliphatic heterocycles.